The monoisotopic (exact) mass is 358 g/mol. The van der Waals surface area contributed by atoms with Gasteiger partial charge in [0.15, 0.2) is 6.10 Å². The van der Waals surface area contributed by atoms with Crippen molar-refractivity contribution >= 4 is 45.3 Å². The third kappa shape index (κ3) is 4.30. The Morgan fingerprint density at radius 2 is 2.00 bits per heavy atom. The molecule has 3 rings (SSSR count). The van der Waals surface area contributed by atoms with Gasteiger partial charge in [-0.1, -0.05) is 42.1 Å². The number of amides is 2. The van der Waals surface area contributed by atoms with Crippen LogP contribution in [-0.2, 0) is 14.3 Å². The van der Waals surface area contributed by atoms with Gasteiger partial charge in [-0.15, -0.1) is 0 Å². The molecule has 2 aromatic rings. The van der Waals surface area contributed by atoms with E-state index in [-0.39, 0.29) is 11.8 Å². The standard InChI is InChI=1S/C18H18N2O4S/c1-12(24-16(21)11-20-8-9-25-18(20)23)17(22)19-15-7-6-13-4-2-3-5-14(13)10-15/h2-7,10,12H,8-9,11H2,1H3,(H,19,22)/t12-/m0/s1. The molecule has 1 fully saturated rings. The van der Waals surface area contributed by atoms with E-state index in [1.807, 2.05) is 36.4 Å². The first-order valence-electron chi connectivity index (χ1n) is 7.94. The van der Waals surface area contributed by atoms with Gasteiger partial charge in [0.2, 0.25) is 0 Å². The highest BCUT2D eigenvalue weighted by atomic mass is 32.2. The van der Waals surface area contributed by atoms with Crippen molar-refractivity contribution in [3.05, 3.63) is 42.5 Å². The number of hydrogen-bond acceptors (Lipinski definition) is 5. The number of ether oxygens (including phenoxy) is 1. The van der Waals surface area contributed by atoms with Crippen molar-refractivity contribution in [2.45, 2.75) is 13.0 Å². The molecule has 7 heteroatoms. The molecule has 6 nitrogen and oxygen atoms in total. The minimum atomic E-state index is -0.940. The molecule has 0 unspecified atom stereocenters. The number of carbonyl (C=O) groups is 3. The number of nitrogens with one attached hydrogen (secondary N) is 1. The fraction of sp³-hybridized carbons (Fsp3) is 0.278. The number of rotatable bonds is 5. The second kappa shape index (κ2) is 7.57. The lowest BCUT2D eigenvalue weighted by Crippen LogP contribution is -2.36. The molecule has 2 aromatic carbocycles. The Morgan fingerprint density at radius 1 is 1.24 bits per heavy atom. The zero-order valence-corrected chi connectivity index (χ0v) is 14.5. The van der Waals surface area contributed by atoms with Crippen molar-refractivity contribution in [3.63, 3.8) is 0 Å². The normalized spacial score (nSPS) is 15.2. The van der Waals surface area contributed by atoms with E-state index in [1.165, 1.54) is 23.6 Å². The van der Waals surface area contributed by atoms with Gasteiger partial charge in [-0.05, 0) is 29.8 Å². The summed E-state index contributed by atoms with van der Waals surface area (Å²) in [6.07, 6.45) is -0.940. The van der Waals surface area contributed by atoms with Crippen LogP contribution in [0, 0.1) is 0 Å². The average Bonchev–Trinajstić information content (AvgIpc) is 2.99. The minimum absolute atomic E-state index is 0.126. The zero-order valence-electron chi connectivity index (χ0n) is 13.7. The SMILES string of the molecule is C[C@H](OC(=O)CN1CCSC1=O)C(=O)Nc1ccc2ccccc2c1. The number of thioether (sulfide) groups is 1. The Kier molecular flexibility index (Phi) is 5.23. The van der Waals surface area contributed by atoms with Crippen LogP contribution in [0.1, 0.15) is 6.92 Å². The Hall–Kier alpha value is -2.54. The number of nitrogens with zero attached hydrogens (tertiary/aromatic N) is 1. The fourth-order valence-corrected chi connectivity index (χ4v) is 3.35. The summed E-state index contributed by atoms with van der Waals surface area (Å²) in [5.41, 5.74) is 0.637. The van der Waals surface area contributed by atoms with Crippen molar-refractivity contribution in [2.24, 2.45) is 0 Å². The minimum Gasteiger partial charge on any atom is -0.451 e. The molecule has 1 N–H and O–H groups in total. The van der Waals surface area contributed by atoms with Gasteiger partial charge < -0.3 is 15.0 Å². The number of esters is 1. The van der Waals surface area contributed by atoms with Crippen molar-refractivity contribution in [1.82, 2.24) is 4.90 Å². The van der Waals surface area contributed by atoms with Gasteiger partial charge >= 0.3 is 5.97 Å². The first kappa shape index (κ1) is 17.3. The molecule has 0 radical (unpaired) electrons. The Bertz CT molecular complexity index is 824. The number of benzene rings is 2. The molecule has 1 aliphatic rings. The predicted octanol–water partition coefficient (Wildman–Crippen LogP) is 2.88. The molecule has 1 aliphatic heterocycles. The summed E-state index contributed by atoms with van der Waals surface area (Å²) in [4.78, 5) is 37.0. The van der Waals surface area contributed by atoms with E-state index in [4.69, 9.17) is 4.74 Å². The van der Waals surface area contributed by atoms with Crippen molar-refractivity contribution in [1.29, 1.82) is 0 Å². The van der Waals surface area contributed by atoms with Crippen LogP contribution in [0.2, 0.25) is 0 Å². The van der Waals surface area contributed by atoms with Crippen LogP contribution in [0.15, 0.2) is 42.5 Å². The van der Waals surface area contributed by atoms with Crippen LogP contribution >= 0.6 is 11.8 Å². The van der Waals surface area contributed by atoms with Crippen molar-refractivity contribution in [2.75, 3.05) is 24.2 Å². The van der Waals surface area contributed by atoms with E-state index < -0.39 is 18.0 Å². The molecule has 25 heavy (non-hydrogen) atoms. The van der Waals surface area contributed by atoms with Crippen molar-refractivity contribution in [3.8, 4) is 0 Å². The molecule has 1 saturated heterocycles. The third-order valence-electron chi connectivity index (χ3n) is 3.86. The topological polar surface area (TPSA) is 75.7 Å². The Balaban J connectivity index is 1.56. The Labute approximate surface area is 149 Å². The number of hydrogen-bond donors (Lipinski definition) is 1. The lowest BCUT2D eigenvalue weighted by molar-refractivity contribution is -0.153. The molecular weight excluding hydrogens is 340 g/mol. The van der Waals surface area contributed by atoms with Crippen LogP contribution in [0.3, 0.4) is 0 Å². The number of carbonyl (C=O) groups excluding carboxylic acids is 3. The van der Waals surface area contributed by atoms with Gasteiger partial charge in [-0.2, -0.15) is 0 Å². The summed E-state index contributed by atoms with van der Waals surface area (Å²) in [6.45, 7) is 1.91. The van der Waals surface area contributed by atoms with Gasteiger partial charge in [0, 0.05) is 18.0 Å². The highest BCUT2D eigenvalue weighted by molar-refractivity contribution is 8.13. The summed E-state index contributed by atoms with van der Waals surface area (Å²) < 4.78 is 5.13. The second-order valence-corrected chi connectivity index (χ2v) is 6.77. The van der Waals surface area contributed by atoms with E-state index in [2.05, 4.69) is 5.32 Å². The molecule has 0 aliphatic carbocycles. The van der Waals surface area contributed by atoms with Gasteiger partial charge in [-0.3, -0.25) is 14.4 Å². The van der Waals surface area contributed by atoms with Gasteiger partial charge in [0.25, 0.3) is 11.1 Å². The highest BCUT2D eigenvalue weighted by Crippen LogP contribution is 2.19. The van der Waals surface area contributed by atoms with Gasteiger partial charge in [-0.25, -0.2) is 0 Å². The lowest BCUT2D eigenvalue weighted by atomic mass is 10.1. The van der Waals surface area contributed by atoms with Crippen LogP contribution in [0.5, 0.6) is 0 Å². The van der Waals surface area contributed by atoms with Crippen molar-refractivity contribution < 1.29 is 19.1 Å². The van der Waals surface area contributed by atoms with Gasteiger partial charge in [0.1, 0.15) is 6.54 Å². The van der Waals surface area contributed by atoms with Crippen LogP contribution in [0.4, 0.5) is 10.5 Å². The first-order valence-corrected chi connectivity index (χ1v) is 8.92. The van der Waals surface area contributed by atoms with E-state index in [0.717, 1.165) is 10.8 Å². The smallest absolute Gasteiger partial charge is 0.326 e. The maximum absolute atomic E-state index is 12.2. The molecule has 1 atom stereocenters. The maximum Gasteiger partial charge on any atom is 0.326 e. The molecule has 0 spiro atoms. The summed E-state index contributed by atoms with van der Waals surface area (Å²) >= 11 is 1.18. The number of anilines is 1. The molecule has 0 bridgehead atoms. The third-order valence-corrected chi connectivity index (χ3v) is 4.75. The van der Waals surface area contributed by atoms with E-state index in [1.54, 1.807) is 6.07 Å². The van der Waals surface area contributed by atoms with E-state index in [0.29, 0.717) is 18.0 Å². The van der Waals surface area contributed by atoms with Crippen LogP contribution in [0.25, 0.3) is 10.8 Å². The fourth-order valence-electron chi connectivity index (χ4n) is 2.52. The maximum atomic E-state index is 12.2. The largest absolute Gasteiger partial charge is 0.451 e. The number of fused-ring (bicyclic) bond motifs is 1. The summed E-state index contributed by atoms with van der Waals surface area (Å²) in [6, 6.07) is 13.4. The molecular formula is C18H18N2O4S. The zero-order chi connectivity index (χ0) is 17.8. The average molecular weight is 358 g/mol. The molecule has 130 valence electrons. The van der Waals surface area contributed by atoms with E-state index in [9.17, 15) is 14.4 Å². The first-order chi connectivity index (χ1) is 12.0. The summed E-state index contributed by atoms with van der Waals surface area (Å²) in [5.74, 6) is -0.327. The van der Waals surface area contributed by atoms with Crippen LogP contribution in [-0.4, -0.2) is 47.0 Å². The summed E-state index contributed by atoms with van der Waals surface area (Å²) in [7, 11) is 0. The van der Waals surface area contributed by atoms with Gasteiger partial charge in [0.05, 0.1) is 0 Å². The molecule has 0 aromatic heterocycles. The predicted molar refractivity (Wildman–Crippen MR) is 97.6 cm³/mol. The van der Waals surface area contributed by atoms with Crippen LogP contribution < -0.4 is 5.32 Å². The highest BCUT2D eigenvalue weighted by Gasteiger charge is 2.26. The molecule has 2 amide bonds. The quantitative estimate of drug-likeness (QED) is 0.832. The summed E-state index contributed by atoms with van der Waals surface area (Å²) in [5, 5.41) is 4.69. The Morgan fingerprint density at radius 3 is 2.72 bits per heavy atom. The molecule has 0 saturated carbocycles. The van der Waals surface area contributed by atoms with E-state index >= 15 is 0 Å². The second-order valence-electron chi connectivity index (χ2n) is 5.72. The molecule has 1 heterocycles. The lowest BCUT2D eigenvalue weighted by Gasteiger charge is -2.17.